The Hall–Kier alpha value is -4.35. The SMILES string of the molecule is CCCNC(=O)C(Cc1ccccc1)N(Cc1ccc(C)cc1)C(=O)CN(c1cc(C(F)(F)F)ccc1Cl)S(=O)(=O)c1ccccc1. The first-order valence-corrected chi connectivity index (χ1v) is 16.7. The van der Waals surface area contributed by atoms with Gasteiger partial charge in [0.1, 0.15) is 12.6 Å². The molecular weight excluding hydrogens is 651 g/mol. The Morgan fingerprint density at radius 2 is 1.49 bits per heavy atom. The number of amides is 2. The molecular formula is C35H35ClF3N3O4S. The molecule has 0 saturated carbocycles. The molecule has 4 aromatic rings. The minimum absolute atomic E-state index is 0.0777. The molecule has 4 rings (SSSR count). The minimum Gasteiger partial charge on any atom is -0.354 e. The summed E-state index contributed by atoms with van der Waals surface area (Å²) in [5.74, 6) is -1.27. The van der Waals surface area contributed by atoms with Crippen LogP contribution >= 0.6 is 11.6 Å². The maximum atomic E-state index is 14.5. The van der Waals surface area contributed by atoms with Gasteiger partial charge >= 0.3 is 6.18 Å². The van der Waals surface area contributed by atoms with E-state index < -0.39 is 51.9 Å². The van der Waals surface area contributed by atoms with Gasteiger partial charge in [0.25, 0.3) is 10.0 Å². The van der Waals surface area contributed by atoms with E-state index in [1.165, 1.54) is 29.2 Å². The minimum atomic E-state index is -4.82. The second-order valence-electron chi connectivity index (χ2n) is 11.0. The highest BCUT2D eigenvalue weighted by Crippen LogP contribution is 2.37. The fourth-order valence-electron chi connectivity index (χ4n) is 4.92. The van der Waals surface area contributed by atoms with Gasteiger partial charge in [-0.15, -0.1) is 0 Å². The molecule has 2 amide bonds. The van der Waals surface area contributed by atoms with Crippen molar-refractivity contribution in [3.8, 4) is 0 Å². The zero-order valence-corrected chi connectivity index (χ0v) is 27.4. The van der Waals surface area contributed by atoms with E-state index in [4.69, 9.17) is 11.6 Å². The average Bonchev–Trinajstić information content (AvgIpc) is 3.05. The summed E-state index contributed by atoms with van der Waals surface area (Å²) >= 11 is 6.36. The first-order chi connectivity index (χ1) is 22.3. The van der Waals surface area contributed by atoms with Crippen molar-refractivity contribution < 1.29 is 31.2 Å². The molecule has 0 radical (unpaired) electrons. The summed E-state index contributed by atoms with van der Waals surface area (Å²) in [4.78, 5) is 29.2. The van der Waals surface area contributed by atoms with Gasteiger partial charge in [-0.25, -0.2) is 8.42 Å². The molecule has 7 nitrogen and oxygen atoms in total. The van der Waals surface area contributed by atoms with E-state index in [1.807, 2.05) is 44.2 Å². The number of rotatable bonds is 13. The quantitative estimate of drug-likeness (QED) is 0.164. The Morgan fingerprint density at radius 3 is 2.09 bits per heavy atom. The third-order valence-electron chi connectivity index (χ3n) is 7.45. The third-order valence-corrected chi connectivity index (χ3v) is 9.54. The van der Waals surface area contributed by atoms with Crippen molar-refractivity contribution in [2.75, 3.05) is 17.4 Å². The third kappa shape index (κ3) is 9.14. The van der Waals surface area contributed by atoms with Crippen LogP contribution in [0.1, 0.15) is 35.6 Å². The lowest BCUT2D eigenvalue weighted by atomic mass is 10.0. The monoisotopic (exact) mass is 685 g/mol. The molecule has 1 N–H and O–H groups in total. The summed E-state index contributed by atoms with van der Waals surface area (Å²) in [5.41, 5.74) is 0.715. The standard InChI is InChI=1S/C35H35ClF3N3O4S/c1-3-20-40-34(44)32(21-26-10-6-4-7-11-26)41(23-27-16-14-25(2)15-17-27)33(43)24-42(47(45,46)29-12-8-5-9-13-29)31-22-28(35(37,38)39)18-19-30(31)36/h4-19,22,32H,3,20-21,23-24H2,1-2H3,(H,40,44). The van der Waals surface area contributed by atoms with E-state index in [0.29, 0.717) is 28.9 Å². The lowest BCUT2D eigenvalue weighted by Gasteiger charge is -2.34. The summed E-state index contributed by atoms with van der Waals surface area (Å²) in [5, 5.41) is 2.54. The van der Waals surface area contributed by atoms with E-state index in [-0.39, 0.29) is 22.9 Å². The fraction of sp³-hybridized carbons (Fsp3) is 0.257. The molecule has 0 aliphatic carbocycles. The highest BCUT2D eigenvalue weighted by atomic mass is 35.5. The van der Waals surface area contributed by atoms with Crippen molar-refractivity contribution in [3.05, 3.63) is 130 Å². The molecule has 248 valence electrons. The number of benzene rings is 4. The number of hydrogen-bond acceptors (Lipinski definition) is 4. The first kappa shape index (κ1) is 35.5. The van der Waals surface area contributed by atoms with Crippen LogP contribution in [0.25, 0.3) is 0 Å². The van der Waals surface area contributed by atoms with Crippen molar-refractivity contribution in [1.29, 1.82) is 0 Å². The maximum absolute atomic E-state index is 14.5. The van der Waals surface area contributed by atoms with Gasteiger partial charge in [0, 0.05) is 19.5 Å². The highest BCUT2D eigenvalue weighted by molar-refractivity contribution is 7.92. The van der Waals surface area contributed by atoms with Gasteiger partial charge in [-0.1, -0.05) is 96.9 Å². The Morgan fingerprint density at radius 1 is 0.872 bits per heavy atom. The largest absolute Gasteiger partial charge is 0.416 e. The molecule has 0 aliphatic rings. The smallest absolute Gasteiger partial charge is 0.354 e. The number of sulfonamides is 1. The van der Waals surface area contributed by atoms with Gasteiger partial charge in [-0.05, 0) is 54.8 Å². The van der Waals surface area contributed by atoms with Gasteiger partial charge in [0.2, 0.25) is 11.8 Å². The second kappa shape index (κ2) is 15.5. The molecule has 47 heavy (non-hydrogen) atoms. The fourth-order valence-corrected chi connectivity index (χ4v) is 6.64. The Balaban J connectivity index is 1.86. The summed E-state index contributed by atoms with van der Waals surface area (Å²) in [6.45, 7) is 3.11. The predicted octanol–water partition coefficient (Wildman–Crippen LogP) is 7.03. The summed E-state index contributed by atoms with van der Waals surface area (Å²) in [6.07, 6.45) is -4.09. The van der Waals surface area contributed by atoms with E-state index in [9.17, 15) is 31.2 Å². The second-order valence-corrected chi connectivity index (χ2v) is 13.3. The van der Waals surface area contributed by atoms with Gasteiger partial charge < -0.3 is 10.2 Å². The van der Waals surface area contributed by atoms with E-state index in [2.05, 4.69) is 5.32 Å². The van der Waals surface area contributed by atoms with E-state index in [1.54, 1.807) is 30.3 Å². The number of anilines is 1. The van der Waals surface area contributed by atoms with Gasteiger partial charge in [0.15, 0.2) is 0 Å². The number of halogens is 4. The molecule has 4 aromatic carbocycles. The number of hydrogen-bond donors (Lipinski definition) is 1. The van der Waals surface area contributed by atoms with Crippen molar-refractivity contribution in [2.24, 2.45) is 0 Å². The van der Waals surface area contributed by atoms with Crippen LogP contribution in [-0.2, 0) is 38.8 Å². The van der Waals surface area contributed by atoms with Crippen LogP contribution in [0.3, 0.4) is 0 Å². The molecule has 1 atom stereocenters. The van der Waals surface area contributed by atoms with Crippen LogP contribution < -0.4 is 9.62 Å². The molecule has 12 heteroatoms. The topological polar surface area (TPSA) is 86.8 Å². The molecule has 0 spiro atoms. The Kier molecular flexibility index (Phi) is 11.7. The maximum Gasteiger partial charge on any atom is 0.416 e. The van der Waals surface area contributed by atoms with Crippen molar-refractivity contribution in [3.63, 3.8) is 0 Å². The van der Waals surface area contributed by atoms with Crippen molar-refractivity contribution >= 4 is 39.1 Å². The lowest BCUT2D eigenvalue weighted by molar-refractivity contribution is -0.140. The molecule has 0 heterocycles. The number of carbonyl (C=O) groups excluding carboxylic acids is 2. The van der Waals surface area contributed by atoms with Crippen LogP contribution in [0.2, 0.25) is 5.02 Å². The Bertz CT molecular complexity index is 1770. The number of aryl methyl sites for hydroxylation is 1. The number of carbonyl (C=O) groups is 2. The molecule has 0 saturated heterocycles. The molecule has 0 fully saturated rings. The van der Waals surface area contributed by atoms with Crippen LogP contribution in [0, 0.1) is 6.92 Å². The zero-order valence-electron chi connectivity index (χ0n) is 25.9. The summed E-state index contributed by atoms with van der Waals surface area (Å²) in [7, 11) is -4.63. The van der Waals surface area contributed by atoms with Crippen LogP contribution in [0.4, 0.5) is 18.9 Å². The summed E-state index contributed by atoms with van der Waals surface area (Å²) < 4.78 is 70.2. The molecule has 0 aromatic heterocycles. The molecule has 0 bridgehead atoms. The normalized spacial score (nSPS) is 12.3. The number of nitrogens with zero attached hydrogens (tertiary/aromatic N) is 2. The lowest BCUT2D eigenvalue weighted by Crippen LogP contribution is -2.53. The Labute approximate surface area is 278 Å². The van der Waals surface area contributed by atoms with E-state index >= 15 is 0 Å². The highest BCUT2D eigenvalue weighted by Gasteiger charge is 2.37. The van der Waals surface area contributed by atoms with Crippen molar-refractivity contribution in [1.82, 2.24) is 10.2 Å². The summed E-state index contributed by atoms with van der Waals surface area (Å²) in [6, 6.07) is 24.5. The predicted molar refractivity (Wildman–Crippen MR) is 176 cm³/mol. The average molecular weight is 686 g/mol. The van der Waals surface area contributed by atoms with Crippen LogP contribution in [0.15, 0.2) is 108 Å². The van der Waals surface area contributed by atoms with Gasteiger partial charge in [0.05, 0.1) is 21.2 Å². The molecule has 1 unspecified atom stereocenters. The van der Waals surface area contributed by atoms with Crippen LogP contribution in [0.5, 0.6) is 0 Å². The van der Waals surface area contributed by atoms with Crippen LogP contribution in [-0.4, -0.2) is 44.3 Å². The zero-order chi connectivity index (χ0) is 34.2. The number of alkyl halides is 3. The van der Waals surface area contributed by atoms with E-state index in [0.717, 1.165) is 23.3 Å². The van der Waals surface area contributed by atoms with Gasteiger partial charge in [-0.3, -0.25) is 13.9 Å². The van der Waals surface area contributed by atoms with Gasteiger partial charge in [-0.2, -0.15) is 13.2 Å². The molecule has 0 aliphatic heterocycles. The number of nitrogens with one attached hydrogen (secondary N) is 1. The first-order valence-electron chi connectivity index (χ1n) is 14.9. The van der Waals surface area contributed by atoms with Crippen molar-refractivity contribution in [2.45, 2.75) is 50.3 Å².